The molecule has 0 aromatic heterocycles. The molecule has 1 nitrogen and oxygen atoms in total. The van der Waals surface area contributed by atoms with E-state index in [0.717, 1.165) is 18.1 Å². The molecule has 15 heavy (non-hydrogen) atoms. The van der Waals surface area contributed by atoms with Crippen molar-refractivity contribution in [1.82, 2.24) is 0 Å². The molecule has 1 aliphatic rings. The van der Waals surface area contributed by atoms with Gasteiger partial charge < -0.3 is 4.74 Å². The molecule has 1 fully saturated rings. The molecule has 0 aliphatic heterocycles. The van der Waals surface area contributed by atoms with Crippen LogP contribution >= 0.6 is 15.9 Å². The number of alkyl halides is 1. The number of ether oxygens (including phenoxy) is 1. The van der Waals surface area contributed by atoms with Crippen LogP contribution in [0.15, 0.2) is 24.3 Å². The van der Waals surface area contributed by atoms with Crippen LogP contribution in [0.4, 0.5) is 0 Å². The second kappa shape index (κ2) is 5.02. The Kier molecular flexibility index (Phi) is 3.68. The standard InChI is InChI=1S/C13H17BrO/c1-15-12-7-5-10(6-8-12)9-13(14)11-3-2-4-11/h5-8,11,13H,2-4,9H2,1H3. The SMILES string of the molecule is COc1ccc(CC(Br)C2CCC2)cc1. The monoisotopic (exact) mass is 268 g/mol. The van der Waals surface area contributed by atoms with Crippen molar-refractivity contribution < 1.29 is 4.74 Å². The predicted octanol–water partition coefficient (Wildman–Crippen LogP) is 3.80. The first-order chi connectivity index (χ1) is 7.29. The number of halogens is 1. The fourth-order valence-electron chi connectivity index (χ4n) is 1.95. The largest absolute Gasteiger partial charge is 0.497 e. The zero-order chi connectivity index (χ0) is 10.7. The second-order valence-electron chi connectivity index (χ2n) is 4.26. The minimum Gasteiger partial charge on any atom is -0.497 e. The lowest BCUT2D eigenvalue weighted by atomic mass is 9.81. The molecule has 0 N–H and O–H groups in total. The van der Waals surface area contributed by atoms with Gasteiger partial charge in [0.25, 0.3) is 0 Å². The van der Waals surface area contributed by atoms with Crippen molar-refractivity contribution in [1.29, 1.82) is 0 Å². The van der Waals surface area contributed by atoms with Crippen molar-refractivity contribution in [2.45, 2.75) is 30.5 Å². The number of methoxy groups -OCH3 is 1. The normalized spacial score (nSPS) is 18.3. The summed E-state index contributed by atoms with van der Waals surface area (Å²) in [6.45, 7) is 0. The minimum absolute atomic E-state index is 0.652. The van der Waals surface area contributed by atoms with Crippen LogP contribution < -0.4 is 4.74 Å². The predicted molar refractivity (Wildman–Crippen MR) is 66.8 cm³/mol. The molecule has 1 unspecified atom stereocenters. The van der Waals surface area contributed by atoms with Gasteiger partial charge in [-0.3, -0.25) is 0 Å². The van der Waals surface area contributed by atoms with E-state index >= 15 is 0 Å². The second-order valence-corrected chi connectivity index (χ2v) is 5.44. The average molecular weight is 269 g/mol. The van der Waals surface area contributed by atoms with Crippen LogP contribution in [0.2, 0.25) is 0 Å². The van der Waals surface area contributed by atoms with Crippen LogP contribution in [0, 0.1) is 5.92 Å². The van der Waals surface area contributed by atoms with Crippen molar-refractivity contribution in [3.05, 3.63) is 29.8 Å². The smallest absolute Gasteiger partial charge is 0.118 e. The highest BCUT2D eigenvalue weighted by atomic mass is 79.9. The van der Waals surface area contributed by atoms with Gasteiger partial charge in [-0.25, -0.2) is 0 Å². The lowest BCUT2D eigenvalue weighted by Crippen LogP contribution is -2.23. The third-order valence-corrected chi connectivity index (χ3v) is 4.32. The number of rotatable bonds is 4. The molecule has 0 amide bonds. The number of benzene rings is 1. The maximum Gasteiger partial charge on any atom is 0.118 e. The molecule has 2 heteroatoms. The van der Waals surface area contributed by atoms with Crippen LogP contribution in [0.25, 0.3) is 0 Å². The maximum atomic E-state index is 5.14. The third-order valence-electron chi connectivity index (χ3n) is 3.25. The fourth-order valence-corrected chi connectivity index (χ4v) is 2.86. The highest BCUT2D eigenvalue weighted by Gasteiger charge is 2.25. The van der Waals surface area contributed by atoms with Crippen molar-refractivity contribution in [3.8, 4) is 5.75 Å². The summed E-state index contributed by atoms with van der Waals surface area (Å²) in [5.74, 6) is 1.83. The molecule has 1 atom stereocenters. The van der Waals surface area contributed by atoms with Gasteiger partial charge in [-0.05, 0) is 42.9 Å². The van der Waals surface area contributed by atoms with Gasteiger partial charge in [-0.2, -0.15) is 0 Å². The molecule has 2 rings (SSSR count). The maximum absolute atomic E-state index is 5.14. The Labute approximate surface area is 100.0 Å². The van der Waals surface area contributed by atoms with E-state index < -0.39 is 0 Å². The lowest BCUT2D eigenvalue weighted by Gasteiger charge is -2.30. The molecule has 0 bridgehead atoms. The van der Waals surface area contributed by atoms with E-state index in [2.05, 4.69) is 28.1 Å². The Bertz CT molecular complexity index is 303. The van der Waals surface area contributed by atoms with E-state index in [1.54, 1.807) is 7.11 Å². The van der Waals surface area contributed by atoms with E-state index in [1.165, 1.54) is 24.8 Å². The van der Waals surface area contributed by atoms with E-state index in [-0.39, 0.29) is 0 Å². The van der Waals surface area contributed by atoms with Crippen LogP contribution in [-0.2, 0) is 6.42 Å². The summed E-state index contributed by atoms with van der Waals surface area (Å²) in [6, 6.07) is 8.39. The van der Waals surface area contributed by atoms with Crippen molar-refractivity contribution in [2.75, 3.05) is 7.11 Å². The summed E-state index contributed by atoms with van der Waals surface area (Å²) < 4.78 is 5.14. The molecule has 0 saturated heterocycles. The molecule has 1 aromatic rings. The molecular weight excluding hydrogens is 252 g/mol. The Balaban J connectivity index is 1.91. The Morgan fingerprint density at radius 2 is 2.00 bits per heavy atom. The third kappa shape index (κ3) is 2.75. The summed E-state index contributed by atoms with van der Waals surface area (Å²) >= 11 is 3.80. The summed E-state index contributed by atoms with van der Waals surface area (Å²) in [5, 5.41) is 0. The number of hydrogen-bond acceptors (Lipinski definition) is 1. The number of hydrogen-bond donors (Lipinski definition) is 0. The van der Waals surface area contributed by atoms with Crippen LogP contribution in [-0.4, -0.2) is 11.9 Å². The lowest BCUT2D eigenvalue weighted by molar-refractivity contribution is 0.308. The summed E-state index contributed by atoms with van der Waals surface area (Å²) in [7, 11) is 1.71. The molecule has 0 radical (unpaired) electrons. The summed E-state index contributed by atoms with van der Waals surface area (Å²) in [6.07, 6.45) is 5.34. The molecule has 0 heterocycles. The molecule has 1 aromatic carbocycles. The Morgan fingerprint density at radius 3 is 2.47 bits per heavy atom. The molecule has 1 aliphatic carbocycles. The summed E-state index contributed by atoms with van der Waals surface area (Å²) in [4.78, 5) is 0.652. The zero-order valence-corrected chi connectivity index (χ0v) is 10.7. The molecular formula is C13H17BrO. The first kappa shape index (κ1) is 11.0. The van der Waals surface area contributed by atoms with Crippen molar-refractivity contribution in [3.63, 3.8) is 0 Å². The van der Waals surface area contributed by atoms with Crippen molar-refractivity contribution >= 4 is 15.9 Å². The van der Waals surface area contributed by atoms with Gasteiger partial charge in [0.1, 0.15) is 5.75 Å². The van der Waals surface area contributed by atoms with Gasteiger partial charge in [0, 0.05) is 4.83 Å². The van der Waals surface area contributed by atoms with Crippen LogP contribution in [0.5, 0.6) is 5.75 Å². The fraction of sp³-hybridized carbons (Fsp3) is 0.538. The van der Waals surface area contributed by atoms with Gasteiger partial charge in [-0.15, -0.1) is 0 Å². The highest BCUT2D eigenvalue weighted by Crippen LogP contribution is 2.35. The molecule has 1 saturated carbocycles. The zero-order valence-electron chi connectivity index (χ0n) is 9.08. The van der Waals surface area contributed by atoms with E-state index in [1.807, 2.05) is 12.1 Å². The Morgan fingerprint density at radius 1 is 1.33 bits per heavy atom. The quantitative estimate of drug-likeness (QED) is 0.755. The van der Waals surface area contributed by atoms with E-state index in [0.29, 0.717) is 4.83 Å². The van der Waals surface area contributed by atoms with Crippen molar-refractivity contribution in [2.24, 2.45) is 5.92 Å². The van der Waals surface area contributed by atoms with Crippen LogP contribution in [0.1, 0.15) is 24.8 Å². The average Bonchev–Trinajstić information content (AvgIpc) is 2.16. The van der Waals surface area contributed by atoms with Crippen LogP contribution in [0.3, 0.4) is 0 Å². The molecule has 0 spiro atoms. The first-order valence-corrected chi connectivity index (χ1v) is 6.48. The van der Waals surface area contributed by atoms with E-state index in [9.17, 15) is 0 Å². The van der Waals surface area contributed by atoms with E-state index in [4.69, 9.17) is 4.74 Å². The topological polar surface area (TPSA) is 9.23 Å². The van der Waals surface area contributed by atoms with Gasteiger partial charge in [-0.1, -0.05) is 34.5 Å². The minimum atomic E-state index is 0.652. The molecule has 82 valence electrons. The summed E-state index contributed by atoms with van der Waals surface area (Å²) in [5.41, 5.74) is 1.39. The Hall–Kier alpha value is -0.500. The first-order valence-electron chi connectivity index (χ1n) is 5.56. The highest BCUT2D eigenvalue weighted by molar-refractivity contribution is 9.09. The van der Waals surface area contributed by atoms with Gasteiger partial charge in [0.05, 0.1) is 7.11 Å². The van der Waals surface area contributed by atoms with Gasteiger partial charge in [0.2, 0.25) is 0 Å². The van der Waals surface area contributed by atoms with Gasteiger partial charge in [0.15, 0.2) is 0 Å². The van der Waals surface area contributed by atoms with Gasteiger partial charge >= 0.3 is 0 Å².